The van der Waals surface area contributed by atoms with Crippen molar-refractivity contribution in [3.05, 3.63) is 83.9 Å². The Hall–Kier alpha value is -3.40. The van der Waals surface area contributed by atoms with E-state index in [0.29, 0.717) is 11.1 Å². The molecule has 0 aliphatic carbocycles. The van der Waals surface area contributed by atoms with Gasteiger partial charge in [0.05, 0.1) is 11.1 Å². The molecule has 0 saturated heterocycles. The van der Waals surface area contributed by atoms with Crippen LogP contribution in [-0.4, -0.2) is 22.2 Å². The van der Waals surface area contributed by atoms with Gasteiger partial charge in [-0.1, -0.05) is 54.6 Å². The van der Waals surface area contributed by atoms with Crippen molar-refractivity contribution >= 4 is 11.9 Å². The van der Waals surface area contributed by atoms with Gasteiger partial charge in [0.1, 0.15) is 0 Å². The number of carboxylic acid groups (broad SMARTS) is 2. The minimum absolute atomic E-state index is 0.209. The quantitative estimate of drug-likeness (QED) is 0.747. The molecule has 0 aliphatic heterocycles. The molecule has 118 valence electrons. The molecule has 2 N–H and O–H groups in total. The number of aromatic carboxylic acids is 2. The Kier molecular flexibility index (Phi) is 4.12. The zero-order chi connectivity index (χ0) is 17.1. The Balaban J connectivity index is 2.16. The van der Waals surface area contributed by atoms with Gasteiger partial charge in [-0.25, -0.2) is 9.59 Å². The maximum Gasteiger partial charge on any atom is 0.336 e. The first-order chi connectivity index (χ1) is 11.6. The maximum absolute atomic E-state index is 11.4. The highest BCUT2D eigenvalue weighted by atomic mass is 16.4. The summed E-state index contributed by atoms with van der Waals surface area (Å²) in [6.45, 7) is 0. The third-order valence-electron chi connectivity index (χ3n) is 3.80. The average molecular weight is 318 g/mol. The molecule has 0 radical (unpaired) electrons. The van der Waals surface area contributed by atoms with Crippen LogP contribution < -0.4 is 0 Å². The summed E-state index contributed by atoms with van der Waals surface area (Å²) in [4.78, 5) is 22.8. The normalized spacial score (nSPS) is 10.3. The van der Waals surface area contributed by atoms with Crippen LogP contribution in [0.25, 0.3) is 22.3 Å². The lowest BCUT2D eigenvalue weighted by atomic mass is 9.94. The van der Waals surface area contributed by atoms with Gasteiger partial charge >= 0.3 is 11.9 Å². The molecule has 3 aromatic carbocycles. The van der Waals surface area contributed by atoms with Gasteiger partial charge in [0, 0.05) is 0 Å². The molecular weight excluding hydrogens is 304 g/mol. The zero-order valence-corrected chi connectivity index (χ0v) is 12.6. The molecule has 0 atom stereocenters. The van der Waals surface area contributed by atoms with E-state index in [1.54, 1.807) is 54.6 Å². The Bertz CT molecular complexity index is 855. The van der Waals surface area contributed by atoms with Gasteiger partial charge in [-0.05, 0) is 40.5 Å². The standard InChI is InChI=1S/C20H14O4/c21-19(22)17-10-3-1-8-15(17)13-6-5-7-14(12-13)16-9-2-4-11-18(16)20(23)24/h1-12H,(H,21,22)(H,23,24). The van der Waals surface area contributed by atoms with E-state index >= 15 is 0 Å². The molecule has 3 aromatic rings. The first-order valence-corrected chi connectivity index (χ1v) is 7.33. The summed E-state index contributed by atoms with van der Waals surface area (Å²) in [5.74, 6) is -2.00. The molecule has 0 amide bonds. The molecule has 0 aliphatic rings. The Morgan fingerprint density at radius 3 is 1.42 bits per heavy atom. The summed E-state index contributed by atoms with van der Waals surface area (Å²) < 4.78 is 0. The van der Waals surface area contributed by atoms with Gasteiger partial charge in [0.15, 0.2) is 0 Å². The van der Waals surface area contributed by atoms with Crippen molar-refractivity contribution in [1.82, 2.24) is 0 Å². The van der Waals surface area contributed by atoms with Crippen LogP contribution >= 0.6 is 0 Å². The highest BCUT2D eigenvalue weighted by Gasteiger charge is 2.14. The molecule has 3 rings (SSSR count). The summed E-state index contributed by atoms with van der Waals surface area (Å²) >= 11 is 0. The van der Waals surface area contributed by atoms with E-state index in [9.17, 15) is 19.8 Å². The highest BCUT2D eigenvalue weighted by Crippen LogP contribution is 2.30. The summed E-state index contributed by atoms with van der Waals surface area (Å²) in [5, 5.41) is 18.7. The van der Waals surface area contributed by atoms with Crippen LogP contribution in [0.3, 0.4) is 0 Å². The number of hydrogen-bond acceptors (Lipinski definition) is 2. The van der Waals surface area contributed by atoms with Gasteiger partial charge in [-0.15, -0.1) is 0 Å². The molecule has 0 aromatic heterocycles. The van der Waals surface area contributed by atoms with Crippen molar-refractivity contribution in [1.29, 1.82) is 0 Å². The van der Waals surface area contributed by atoms with Crippen molar-refractivity contribution < 1.29 is 19.8 Å². The van der Waals surface area contributed by atoms with E-state index in [0.717, 1.165) is 11.1 Å². The topological polar surface area (TPSA) is 74.6 Å². The van der Waals surface area contributed by atoms with E-state index in [2.05, 4.69) is 0 Å². The molecular formula is C20H14O4. The van der Waals surface area contributed by atoms with Crippen LogP contribution in [0.1, 0.15) is 20.7 Å². The molecule has 0 heterocycles. The van der Waals surface area contributed by atoms with Gasteiger partial charge in [0.25, 0.3) is 0 Å². The van der Waals surface area contributed by atoms with Crippen LogP contribution in [0.15, 0.2) is 72.8 Å². The SMILES string of the molecule is O=C(O)c1ccccc1-c1cccc(-c2ccccc2C(=O)O)c1. The van der Waals surface area contributed by atoms with E-state index in [1.165, 1.54) is 0 Å². The fraction of sp³-hybridized carbons (Fsp3) is 0. The number of hydrogen-bond donors (Lipinski definition) is 2. The Morgan fingerprint density at radius 1 is 0.583 bits per heavy atom. The first-order valence-electron chi connectivity index (χ1n) is 7.33. The highest BCUT2D eigenvalue weighted by molar-refractivity contribution is 5.98. The first kappa shape index (κ1) is 15.5. The Morgan fingerprint density at radius 2 is 1.00 bits per heavy atom. The molecule has 4 heteroatoms. The van der Waals surface area contributed by atoms with E-state index in [-0.39, 0.29) is 11.1 Å². The summed E-state index contributed by atoms with van der Waals surface area (Å²) in [6, 6.07) is 20.7. The zero-order valence-electron chi connectivity index (χ0n) is 12.6. The van der Waals surface area contributed by atoms with Gasteiger partial charge < -0.3 is 10.2 Å². The summed E-state index contributed by atoms with van der Waals surface area (Å²) in [6.07, 6.45) is 0. The largest absolute Gasteiger partial charge is 0.478 e. The molecule has 0 fully saturated rings. The van der Waals surface area contributed by atoms with E-state index in [1.807, 2.05) is 18.2 Å². The fourth-order valence-corrected chi connectivity index (χ4v) is 2.70. The second-order valence-corrected chi connectivity index (χ2v) is 5.28. The smallest absolute Gasteiger partial charge is 0.336 e. The van der Waals surface area contributed by atoms with Gasteiger partial charge in [-0.3, -0.25) is 0 Å². The van der Waals surface area contributed by atoms with Crippen LogP contribution in [0.4, 0.5) is 0 Å². The lowest BCUT2D eigenvalue weighted by Gasteiger charge is -2.10. The lowest BCUT2D eigenvalue weighted by Crippen LogP contribution is -2.00. The van der Waals surface area contributed by atoms with Crippen molar-refractivity contribution in [3.8, 4) is 22.3 Å². The molecule has 4 nitrogen and oxygen atoms in total. The van der Waals surface area contributed by atoms with Crippen molar-refractivity contribution in [2.45, 2.75) is 0 Å². The number of benzene rings is 3. The monoisotopic (exact) mass is 318 g/mol. The summed E-state index contributed by atoms with van der Waals surface area (Å²) in [5.41, 5.74) is 3.07. The molecule has 0 spiro atoms. The van der Waals surface area contributed by atoms with Crippen LogP contribution in [0, 0.1) is 0 Å². The third kappa shape index (κ3) is 2.90. The van der Waals surface area contributed by atoms with Gasteiger partial charge in [-0.2, -0.15) is 0 Å². The second kappa shape index (κ2) is 6.38. The predicted octanol–water partition coefficient (Wildman–Crippen LogP) is 4.42. The maximum atomic E-state index is 11.4. The van der Waals surface area contributed by atoms with Crippen molar-refractivity contribution in [2.24, 2.45) is 0 Å². The molecule has 24 heavy (non-hydrogen) atoms. The molecule has 0 bridgehead atoms. The minimum Gasteiger partial charge on any atom is -0.478 e. The molecule has 0 unspecified atom stereocenters. The van der Waals surface area contributed by atoms with Gasteiger partial charge in [0.2, 0.25) is 0 Å². The number of rotatable bonds is 4. The second-order valence-electron chi connectivity index (χ2n) is 5.28. The fourth-order valence-electron chi connectivity index (χ4n) is 2.70. The van der Waals surface area contributed by atoms with Crippen LogP contribution in [0.2, 0.25) is 0 Å². The number of carbonyl (C=O) groups is 2. The minimum atomic E-state index is -0.998. The van der Waals surface area contributed by atoms with E-state index in [4.69, 9.17) is 0 Å². The lowest BCUT2D eigenvalue weighted by molar-refractivity contribution is 0.0687. The van der Waals surface area contributed by atoms with Crippen molar-refractivity contribution in [3.63, 3.8) is 0 Å². The van der Waals surface area contributed by atoms with E-state index < -0.39 is 11.9 Å². The number of carboxylic acids is 2. The third-order valence-corrected chi connectivity index (χ3v) is 3.80. The predicted molar refractivity (Wildman–Crippen MR) is 91.2 cm³/mol. The van der Waals surface area contributed by atoms with Crippen molar-refractivity contribution in [2.75, 3.05) is 0 Å². The molecule has 0 saturated carbocycles. The van der Waals surface area contributed by atoms with Crippen LogP contribution in [0.5, 0.6) is 0 Å². The average Bonchev–Trinajstić information content (AvgIpc) is 2.61. The van der Waals surface area contributed by atoms with Crippen LogP contribution in [-0.2, 0) is 0 Å². The summed E-state index contributed by atoms with van der Waals surface area (Å²) in [7, 11) is 0. The Labute approximate surface area is 138 Å².